The molecule has 0 spiro atoms. The summed E-state index contributed by atoms with van der Waals surface area (Å²) in [7, 11) is 0. The second-order valence-corrected chi connectivity index (χ2v) is 10.6. The molecule has 4 aromatic rings. The van der Waals surface area contributed by atoms with Gasteiger partial charge in [0.2, 0.25) is 0 Å². The average molecular weight is 498 g/mol. The van der Waals surface area contributed by atoms with Crippen molar-refractivity contribution in [2.75, 3.05) is 0 Å². The first-order valence-electron chi connectivity index (χ1n) is 12.6. The standard InChI is InChI=1S/C30H31N3O2S/c1-20-11-12-21(2)24(17-20)19-36-30-32-27-10-6-5-9-26(27)29(35)33(30)18-22-13-15-23(16-14-22)28(34)31-25-7-3-4-8-25/h5-6,9-17,25H,3-4,7-8,18-19H2,1-2H3,(H,31,34). The highest BCUT2D eigenvalue weighted by molar-refractivity contribution is 7.98. The molecular formula is C30H31N3O2S. The van der Waals surface area contributed by atoms with E-state index in [2.05, 4.69) is 37.4 Å². The number of rotatable bonds is 7. The van der Waals surface area contributed by atoms with E-state index in [9.17, 15) is 9.59 Å². The maximum Gasteiger partial charge on any atom is 0.262 e. The molecule has 1 aromatic heterocycles. The molecule has 0 aliphatic heterocycles. The van der Waals surface area contributed by atoms with Gasteiger partial charge in [0.05, 0.1) is 17.4 Å². The van der Waals surface area contributed by atoms with E-state index < -0.39 is 0 Å². The third kappa shape index (κ3) is 5.39. The van der Waals surface area contributed by atoms with E-state index in [1.54, 1.807) is 16.3 Å². The Hall–Kier alpha value is -3.38. The van der Waals surface area contributed by atoms with Crippen LogP contribution in [0.4, 0.5) is 0 Å². The summed E-state index contributed by atoms with van der Waals surface area (Å²) in [5, 5.41) is 4.45. The highest BCUT2D eigenvalue weighted by Gasteiger charge is 2.18. The van der Waals surface area contributed by atoms with E-state index >= 15 is 0 Å². The molecule has 5 nitrogen and oxygen atoms in total. The Labute approximate surface area is 216 Å². The van der Waals surface area contributed by atoms with Crippen molar-refractivity contribution in [3.05, 3.63) is 105 Å². The number of aromatic nitrogens is 2. The van der Waals surface area contributed by atoms with E-state index in [1.807, 2.05) is 48.5 Å². The molecule has 184 valence electrons. The van der Waals surface area contributed by atoms with Gasteiger partial charge in [0.25, 0.3) is 11.5 Å². The number of fused-ring (bicyclic) bond motifs is 1. The Kier molecular flexibility index (Phi) is 7.23. The summed E-state index contributed by atoms with van der Waals surface area (Å²) in [6, 6.07) is 21.8. The van der Waals surface area contributed by atoms with Gasteiger partial charge in [-0.05, 0) is 67.6 Å². The lowest BCUT2D eigenvalue weighted by molar-refractivity contribution is 0.0938. The van der Waals surface area contributed by atoms with Crippen molar-refractivity contribution in [3.63, 3.8) is 0 Å². The SMILES string of the molecule is Cc1ccc(C)c(CSc2nc3ccccc3c(=O)n2Cc2ccc(C(=O)NC3CCCC3)cc2)c1. The zero-order chi connectivity index (χ0) is 25.1. The molecule has 6 heteroatoms. The number of nitrogens with zero attached hydrogens (tertiary/aromatic N) is 2. The summed E-state index contributed by atoms with van der Waals surface area (Å²) < 4.78 is 1.76. The van der Waals surface area contributed by atoms with E-state index in [4.69, 9.17) is 4.98 Å². The highest BCUT2D eigenvalue weighted by atomic mass is 32.2. The van der Waals surface area contributed by atoms with Crippen LogP contribution in [0.2, 0.25) is 0 Å². The number of benzene rings is 3. The molecule has 0 unspecified atom stereocenters. The molecule has 3 aromatic carbocycles. The summed E-state index contributed by atoms with van der Waals surface area (Å²) in [5.41, 5.74) is 5.96. The van der Waals surface area contributed by atoms with Crippen molar-refractivity contribution >= 4 is 28.6 Å². The number of carbonyl (C=O) groups is 1. The molecule has 0 saturated heterocycles. The van der Waals surface area contributed by atoms with E-state index in [0.717, 1.165) is 24.2 Å². The Balaban J connectivity index is 1.41. The molecule has 1 amide bonds. The third-order valence-corrected chi connectivity index (χ3v) is 7.96. The first kappa shape index (κ1) is 24.3. The minimum Gasteiger partial charge on any atom is -0.349 e. The molecule has 36 heavy (non-hydrogen) atoms. The molecule has 1 N–H and O–H groups in total. The van der Waals surface area contributed by atoms with Gasteiger partial charge in [-0.2, -0.15) is 0 Å². The second-order valence-electron chi connectivity index (χ2n) is 9.67. The van der Waals surface area contributed by atoms with Gasteiger partial charge in [-0.15, -0.1) is 0 Å². The van der Waals surface area contributed by atoms with Crippen molar-refractivity contribution < 1.29 is 4.79 Å². The second kappa shape index (κ2) is 10.7. The molecular weight excluding hydrogens is 466 g/mol. The Morgan fingerprint density at radius 1 is 1.03 bits per heavy atom. The van der Waals surface area contributed by atoms with Crippen LogP contribution >= 0.6 is 11.8 Å². The van der Waals surface area contributed by atoms with Crippen LogP contribution in [-0.4, -0.2) is 21.5 Å². The van der Waals surface area contributed by atoms with Crippen LogP contribution in [-0.2, 0) is 12.3 Å². The monoisotopic (exact) mass is 497 g/mol. The topological polar surface area (TPSA) is 64.0 Å². The highest BCUT2D eigenvalue weighted by Crippen LogP contribution is 2.25. The van der Waals surface area contributed by atoms with E-state index in [0.29, 0.717) is 28.2 Å². The number of hydrogen-bond acceptors (Lipinski definition) is 4. The van der Waals surface area contributed by atoms with Gasteiger partial charge in [-0.25, -0.2) is 4.98 Å². The van der Waals surface area contributed by atoms with Crippen molar-refractivity contribution in [1.82, 2.24) is 14.9 Å². The minimum atomic E-state index is -0.0490. The van der Waals surface area contributed by atoms with E-state index in [1.165, 1.54) is 29.5 Å². The summed E-state index contributed by atoms with van der Waals surface area (Å²) in [5.74, 6) is 0.709. The molecule has 5 rings (SSSR count). The third-order valence-electron chi connectivity index (χ3n) is 6.94. The van der Waals surface area contributed by atoms with Crippen LogP contribution in [0.3, 0.4) is 0 Å². The first-order chi connectivity index (χ1) is 17.5. The fourth-order valence-corrected chi connectivity index (χ4v) is 5.84. The zero-order valence-corrected chi connectivity index (χ0v) is 21.6. The van der Waals surface area contributed by atoms with E-state index in [-0.39, 0.29) is 17.5 Å². The Bertz CT molecular complexity index is 1450. The van der Waals surface area contributed by atoms with Crippen molar-refractivity contribution in [1.29, 1.82) is 0 Å². The zero-order valence-electron chi connectivity index (χ0n) is 20.8. The lowest BCUT2D eigenvalue weighted by Gasteiger charge is -2.15. The summed E-state index contributed by atoms with van der Waals surface area (Å²) in [4.78, 5) is 31.0. The molecule has 0 radical (unpaired) electrons. The van der Waals surface area contributed by atoms with Gasteiger partial charge in [-0.3, -0.25) is 14.2 Å². The van der Waals surface area contributed by atoms with Gasteiger partial charge in [-0.1, -0.05) is 72.6 Å². The van der Waals surface area contributed by atoms with Gasteiger partial charge >= 0.3 is 0 Å². The number of carbonyl (C=O) groups excluding carboxylic acids is 1. The smallest absolute Gasteiger partial charge is 0.262 e. The fraction of sp³-hybridized carbons (Fsp3) is 0.300. The van der Waals surface area contributed by atoms with Crippen LogP contribution in [0.25, 0.3) is 10.9 Å². The molecule has 1 fully saturated rings. The number of aryl methyl sites for hydroxylation is 2. The summed E-state index contributed by atoms with van der Waals surface area (Å²) in [6.45, 7) is 4.60. The van der Waals surface area contributed by atoms with Crippen molar-refractivity contribution in [3.8, 4) is 0 Å². The van der Waals surface area contributed by atoms with Gasteiger partial charge in [0, 0.05) is 17.4 Å². The average Bonchev–Trinajstić information content (AvgIpc) is 3.40. The maximum absolute atomic E-state index is 13.5. The van der Waals surface area contributed by atoms with Crippen molar-refractivity contribution in [2.24, 2.45) is 0 Å². The number of para-hydroxylation sites is 1. The van der Waals surface area contributed by atoms with Crippen LogP contribution in [0.15, 0.2) is 76.7 Å². The minimum absolute atomic E-state index is 0.0252. The number of hydrogen-bond donors (Lipinski definition) is 1. The van der Waals surface area contributed by atoms with Crippen molar-refractivity contribution in [2.45, 2.75) is 63.0 Å². The molecule has 0 bridgehead atoms. The quantitative estimate of drug-likeness (QED) is 0.250. The van der Waals surface area contributed by atoms with Gasteiger partial charge in [0.1, 0.15) is 0 Å². The van der Waals surface area contributed by atoms with Gasteiger partial charge < -0.3 is 5.32 Å². The van der Waals surface area contributed by atoms with Gasteiger partial charge in [0.15, 0.2) is 5.16 Å². The lowest BCUT2D eigenvalue weighted by atomic mass is 10.1. The number of nitrogens with one attached hydrogen (secondary N) is 1. The number of thioether (sulfide) groups is 1. The fourth-order valence-electron chi connectivity index (χ4n) is 4.78. The molecule has 1 heterocycles. The molecule has 0 atom stereocenters. The first-order valence-corrected chi connectivity index (χ1v) is 13.5. The Morgan fingerprint density at radius 2 is 1.78 bits per heavy atom. The molecule has 1 saturated carbocycles. The largest absolute Gasteiger partial charge is 0.349 e. The predicted octanol–water partition coefficient (Wildman–Crippen LogP) is 6.03. The molecule has 1 aliphatic carbocycles. The predicted molar refractivity (Wildman–Crippen MR) is 147 cm³/mol. The van der Waals surface area contributed by atoms with Crippen LogP contribution in [0, 0.1) is 13.8 Å². The number of amides is 1. The molecule has 1 aliphatic rings. The Morgan fingerprint density at radius 3 is 2.56 bits per heavy atom. The summed E-state index contributed by atoms with van der Waals surface area (Å²) in [6.07, 6.45) is 4.49. The maximum atomic E-state index is 13.5. The van der Waals surface area contributed by atoms with Crippen LogP contribution in [0.5, 0.6) is 0 Å². The summed E-state index contributed by atoms with van der Waals surface area (Å²) >= 11 is 1.58. The lowest BCUT2D eigenvalue weighted by Crippen LogP contribution is -2.32. The van der Waals surface area contributed by atoms with Crippen LogP contribution in [0.1, 0.15) is 58.3 Å². The normalized spacial score (nSPS) is 13.8. The van der Waals surface area contributed by atoms with Crippen LogP contribution < -0.4 is 10.9 Å².